The van der Waals surface area contributed by atoms with Crippen LogP contribution in [-0.4, -0.2) is 7.12 Å². The second kappa shape index (κ2) is 11.7. The first-order valence-electron chi connectivity index (χ1n) is 3.09. The monoisotopic (exact) mass is 150 g/mol. The number of quaternary nitrogens is 2. The van der Waals surface area contributed by atoms with Gasteiger partial charge in [0.25, 0.3) is 0 Å². The Hall–Kier alpha value is -0.0951. The molecule has 0 aromatic heterocycles. The molecule has 5 heteroatoms. The van der Waals surface area contributed by atoms with Crippen LogP contribution < -0.4 is 22.3 Å². The summed E-state index contributed by atoms with van der Waals surface area (Å²) < 4.78 is 0. The van der Waals surface area contributed by atoms with E-state index in [9.17, 15) is 10.0 Å². The van der Waals surface area contributed by atoms with E-state index in [-0.39, 0.29) is 12.3 Å². The van der Waals surface area contributed by atoms with Crippen LogP contribution in [0, 0.1) is 0 Å². The topological polar surface area (TPSA) is 119 Å². The summed E-state index contributed by atoms with van der Waals surface area (Å²) in [5, 5.41) is 19.7. The third kappa shape index (κ3) is 15.7. The molecule has 0 atom stereocenters. The van der Waals surface area contributed by atoms with Crippen molar-refractivity contribution in [3.8, 4) is 0 Å². The Morgan fingerprint density at radius 1 is 1.10 bits per heavy atom. The van der Waals surface area contributed by atoms with Crippen LogP contribution in [0.4, 0.5) is 0 Å². The van der Waals surface area contributed by atoms with Crippen LogP contribution in [0.5, 0.6) is 0 Å². The van der Waals surface area contributed by atoms with Gasteiger partial charge in [-0.2, -0.15) is 0 Å². The van der Waals surface area contributed by atoms with Gasteiger partial charge in [-0.05, 0) is 0 Å². The SMILES string of the molecule is CCCCCB([O-])[O-].[NH4+].[NH4+]. The van der Waals surface area contributed by atoms with E-state index in [2.05, 4.69) is 0 Å². The fourth-order valence-electron chi connectivity index (χ4n) is 0.561. The van der Waals surface area contributed by atoms with Crippen LogP contribution in [0.3, 0.4) is 0 Å². The van der Waals surface area contributed by atoms with E-state index in [1.807, 2.05) is 6.92 Å². The third-order valence-corrected chi connectivity index (χ3v) is 1.04. The maximum absolute atomic E-state index is 9.85. The smallest absolute Gasteiger partial charge is 0.0543 e. The molecule has 0 saturated heterocycles. The molecule has 0 aromatic rings. The van der Waals surface area contributed by atoms with Gasteiger partial charge in [0.2, 0.25) is 0 Å². The summed E-state index contributed by atoms with van der Waals surface area (Å²) in [5.41, 5.74) is 0. The summed E-state index contributed by atoms with van der Waals surface area (Å²) in [7, 11) is -1.60. The standard InChI is InChI=1S/C5H11BO2.2H3N/c1-2-3-4-5-6(7)8;;/h2-5H2,1H3;2*1H3/q-2;;/p+2. The zero-order valence-electron chi connectivity index (χ0n) is 7.22. The first kappa shape index (κ1) is 16.5. The minimum absolute atomic E-state index is 0. The molecule has 0 radical (unpaired) electrons. The van der Waals surface area contributed by atoms with Crippen molar-refractivity contribution in [3.05, 3.63) is 0 Å². The zero-order chi connectivity index (χ0) is 6.41. The molecule has 0 aliphatic heterocycles. The molecule has 0 fully saturated rings. The minimum atomic E-state index is -1.60. The van der Waals surface area contributed by atoms with Crippen molar-refractivity contribution in [1.29, 1.82) is 0 Å². The van der Waals surface area contributed by atoms with E-state index < -0.39 is 7.12 Å². The highest BCUT2D eigenvalue weighted by Crippen LogP contribution is 1.97. The molecule has 0 bridgehead atoms. The van der Waals surface area contributed by atoms with Crippen molar-refractivity contribution in [2.75, 3.05) is 0 Å². The molecule has 0 saturated carbocycles. The van der Waals surface area contributed by atoms with Gasteiger partial charge in [-0.1, -0.05) is 26.2 Å². The molecule has 8 N–H and O–H groups in total. The Bertz CT molecular complexity index is 54.9. The quantitative estimate of drug-likeness (QED) is 0.437. The molecule has 0 aliphatic carbocycles. The maximum atomic E-state index is 9.85. The normalized spacial score (nSPS) is 7.50. The summed E-state index contributed by atoms with van der Waals surface area (Å²) in [6.07, 6.45) is 3.19. The highest BCUT2D eigenvalue weighted by molar-refractivity contribution is 6.36. The molecule has 10 heavy (non-hydrogen) atoms. The van der Waals surface area contributed by atoms with E-state index >= 15 is 0 Å². The van der Waals surface area contributed by atoms with Crippen LogP contribution in [-0.2, 0) is 0 Å². The Kier molecular flexibility index (Phi) is 19.2. The molecule has 0 spiro atoms. The second-order valence-electron chi connectivity index (χ2n) is 1.93. The molecule has 0 aromatic carbocycles. The second-order valence-corrected chi connectivity index (χ2v) is 1.93. The summed E-state index contributed by atoms with van der Waals surface area (Å²) in [4.78, 5) is 0. The molecular weight excluding hydrogens is 131 g/mol. The van der Waals surface area contributed by atoms with Crippen LogP contribution in [0.2, 0.25) is 6.32 Å². The summed E-state index contributed by atoms with van der Waals surface area (Å²) in [5.74, 6) is 0. The number of hydrogen-bond acceptors (Lipinski definition) is 2. The Morgan fingerprint density at radius 2 is 1.60 bits per heavy atom. The van der Waals surface area contributed by atoms with Crippen LogP contribution >= 0.6 is 0 Å². The number of hydrogen-bond donors (Lipinski definition) is 2. The van der Waals surface area contributed by atoms with Gasteiger partial charge in [-0.3, -0.25) is 0 Å². The van der Waals surface area contributed by atoms with Crippen LogP contribution in [0.25, 0.3) is 0 Å². The number of rotatable bonds is 4. The van der Waals surface area contributed by atoms with E-state index in [0.29, 0.717) is 6.32 Å². The number of unbranched alkanes of at least 4 members (excludes halogenated alkanes) is 2. The summed E-state index contributed by atoms with van der Waals surface area (Å²) in [6.45, 7) is 2.05. The molecule has 0 unspecified atom stereocenters. The first-order valence-corrected chi connectivity index (χ1v) is 3.09. The summed E-state index contributed by atoms with van der Waals surface area (Å²) in [6, 6.07) is 0. The predicted octanol–water partition coefficient (Wildman–Crippen LogP) is 0.138. The molecule has 64 valence electrons. The first-order chi connectivity index (χ1) is 3.77. The van der Waals surface area contributed by atoms with Gasteiger partial charge >= 0.3 is 0 Å². The molecule has 0 amide bonds. The van der Waals surface area contributed by atoms with Crippen molar-refractivity contribution < 1.29 is 10.0 Å². The Morgan fingerprint density at radius 3 is 1.90 bits per heavy atom. The Labute approximate surface area is 63.0 Å². The van der Waals surface area contributed by atoms with Crippen molar-refractivity contribution in [2.24, 2.45) is 0 Å². The van der Waals surface area contributed by atoms with Gasteiger partial charge in [0.05, 0.1) is 0 Å². The fourth-order valence-corrected chi connectivity index (χ4v) is 0.561. The lowest BCUT2D eigenvalue weighted by Crippen LogP contribution is -2.44. The van der Waals surface area contributed by atoms with Crippen molar-refractivity contribution in [1.82, 2.24) is 12.3 Å². The minimum Gasteiger partial charge on any atom is -0.893 e. The lowest BCUT2D eigenvalue weighted by molar-refractivity contribution is -0.348. The van der Waals surface area contributed by atoms with Gasteiger partial charge in [-0.25, -0.2) is 0 Å². The van der Waals surface area contributed by atoms with Gasteiger partial charge in [0.15, 0.2) is 0 Å². The predicted molar refractivity (Wildman–Crippen MR) is 42.1 cm³/mol. The highest BCUT2D eigenvalue weighted by atomic mass is 16.4. The van der Waals surface area contributed by atoms with Crippen molar-refractivity contribution >= 4 is 7.12 Å². The van der Waals surface area contributed by atoms with Crippen LogP contribution in [0.1, 0.15) is 26.2 Å². The molecule has 0 heterocycles. The van der Waals surface area contributed by atoms with Gasteiger partial charge in [0.1, 0.15) is 0 Å². The van der Waals surface area contributed by atoms with E-state index in [1.54, 1.807) is 0 Å². The maximum Gasteiger partial charge on any atom is -0.0543 e. The lowest BCUT2D eigenvalue weighted by atomic mass is 9.84. The van der Waals surface area contributed by atoms with Crippen molar-refractivity contribution in [2.45, 2.75) is 32.5 Å². The van der Waals surface area contributed by atoms with Crippen LogP contribution in [0.15, 0.2) is 0 Å². The average Bonchev–Trinajstić information content (AvgIpc) is 1.66. The molecule has 0 rings (SSSR count). The average molecular weight is 150 g/mol. The fraction of sp³-hybridized carbons (Fsp3) is 1.00. The van der Waals surface area contributed by atoms with E-state index in [1.165, 1.54) is 0 Å². The third-order valence-electron chi connectivity index (χ3n) is 1.04. The van der Waals surface area contributed by atoms with Crippen molar-refractivity contribution in [3.63, 3.8) is 0 Å². The highest BCUT2D eigenvalue weighted by Gasteiger charge is 1.80. The van der Waals surface area contributed by atoms with E-state index in [4.69, 9.17) is 0 Å². The van der Waals surface area contributed by atoms with Gasteiger partial charge in [0, 0.05) is 0 Å². The molecule has 4 nitrogen and oxygen atoms in total. The Balaban J connectivity index is -0.000000245. The summed E-state index contributed by atoms with van der Waals surface area (Å²) >= 11 is 0. The molecule has 0 aliphatic rings. The lowest BCUT2D eigenvalue weighted by Gasteiger charge is -2.25. The van der Waals surface area contributed by atoms with Gasteiger partial charge in [-0.15, -0.1) is 13.4 Å². The zero-order valence-corrected chi connectivity index (χ0v) is 7.22. The largest absolute Gasteiger partial charge is 0.893 e. The van der Waals surface area contributed by atoms with Gasteiger partial charge < -0.3 is 22.3 Å². The molecular formula is C5H19BN2O2. The van der Waals surface area contributed by atoms with E-state index in [0.717, 1.165) is 19.3 Å².